The van der Waals surface area contributed by atoms with E-state index in [1.54, 1.807) is 6.20 Å². The molecule has 1 spiro atoms. The predicted octanol–water partition coefficient (Wildman–Crippen LogP) is 2.76. The molecule has 2 saturated heterocycles. The first-order valence-electron chi connectivity index (χ1n) is 11.5. The maximum atomic E-state index is 10.2. The Morgan fingerprint density at radius 3 is 2.76 bits per heavy atom. The number of aliphatic hydroxyl groups excluding tert-OH is 1. The Balaban J connectivity index is 1.36. The van der Waals surface area contributed by atoms with Crippen LogP contribution in [0, 0.1) is 5.41 Å². The number of fused-ring (bicyclic) bond motifs is 2. The lowest BCUT2D eigenvalue weighted by Crippen LogP contribution is -2.43. The van der Waals surface area contributed by atoms with Crippen molar-refractivity contribution in [1.29, 1.82) is 0 Å². The first-order valence-corrected chi connectivity index (χ1v) is 12.1. The highest BCUT2D eigenvalue weighted by molar-refractivity contribution is 6.12. The summed E-state index contributed by atoms with van der Waals surface area (Å²) in [4.78, 5) is 12.0. The maximum absolute atomic E-state index is 10.2. The van der Waals surface area contributed by atoms with Gasteiger partial charge in [0.25, 0.3) is 0 Å². The highest BCUT2D eigenvalue weighted by Crippen LogP contribution is 2.49. The van der Waals surface area contributed by atoms with Crippen LogP contribution in [0.3, 0.4) is 0 Å². The van der Waals surface area contributed by atoms with E-state index in [1.165, 1.54) is 0 Å². The van der Waals surface area contributed by atoms with Gasteiger partial charge in [0.15, 0.2) is 11.5 Å². The minimum atomic E-state index is -0.165. The Morgan fingerprint density at radius 1 is 1.21 bits per heavy atom. The number of anilines is 1. The van der Waals surface area contributed by atoms with E-state index in [1.807, 2.05) is 30.1 Å². The summed E-state index contributed by atoms with van der Waals surface area (Å²) in [5.74, 6) is 0.759. The molecule has 0 aliphatic carbocycles. The zero-order valence-electron chi connectivity index (χ0n) is 18.9. The molecule has 8 nitrogen and oxygen atoms in total. The summed E-state index contributed by atoms with van der Waals surface area (Å²) < 4.78 is 9.84. The molecule has 0 amide bonds. The number of benzene rings is 1. The van der Waals surface area contributed by atoms with E-state index in [9.17, 15) is 5.11 Å². The predicted molar refractivity (Wildman–Crippen MR) is 128 cm³/mol. The summed E-state index contributed by atoms with van der Waals surface area (Å²) in [5, 5.41) is 15.9. The van der Waals surface area contributed by atoms with E-state index >= 15 is 0 Å². The molecule has 1 unspecified atom stereocenters. The standard InChI is InChI=1S/C24H27N6O2Si/c1-15-21(33)24(14-32-15)7-10-29(11-8-24)22-18(13-31)27-23-17(26-22)12-25-30(23)20-5-3-4-19-16(20)6-9-28(19)2/h3-6,9,12,15,21,31H,7-8,10-11,13-14H2,1-2H3/t15-,21?/m0/s1. The van der Waals surface area contributed by atoms with E-state index in [4.69, 9.17) is 14.7 Å². The average Bonchev–Trinajstić information content (AvgIpc) is 3.51. The Kier molecular flexibility index (Phi) is 4.82. The van der Waals surface area contributed by atoms with Gasteiger partial charge in [0, 0.05) is 47.5 Å². The second-order valence-corrected chi connectivity index (χ2v) is 10.0. The van der Waals surface area contributed by atoms with Crippen molar-refractivity contribution in [1.82, 2.24) is 24.3 Å². The van der Waals surface area contributed by atoms with E-state index in [0.717, 1.165) is 60.5 Å². The largest absolute Gasteiger partial charge is 0.390 e. The SMILES string of the molecule is C[C@@H]1OCC2(CCN(c3nc4cnn(-c5cccc6c5ccn6C)c4nc3CO)CC2)C1[Si]. The molecule has 3 aromatic heterocycles. The monoisotopic (exact) mass is 459 g/mol. The first-order chi connectivity index (χ1) is 16.0. The summed E-state index contributed by atoms with van der Waals surface area (Å²) in [7, 11) is 5.97. The lowest BCUT2D eigenvalue weighted by molar-refractivity contribution is 0.0975. The fourth-order valence-electron chi connectivity index (χ4n) is 5.48. The van der Waals surface area contributed by atoms with Crippen LogP contribution in [0.1, 0.15) is 25.5 Å². The second-order valence-electron chi connectivity index (χ2n) is 9.40. The zero-order valence-corrected chi connectivity index (χ0v) is 19.9. The van der Waals surface area contributed by atoms with Crippen LogP contribution < -0.4 is 4.90 Å². The van der Waals surface area contributed by atoms with Gasteiger partial charge in [-0.3, -0.25) is 0 Å². The molecular formula is C24H27N6O2Si. The van der Waals surface area contributed by atoms with Crippen molar-refractivity contribution < 1.29 is 9.84 Å². The van der Waals surface area contributed by atoms with Crippen molar-refractivity contribution >= 4 is 38.1 Å². The maximum Gasteiger partial charge on any atom is 0.182 e. The van der Waals surface area contributed by atoms with Crippen LogP contribution in [0.4, 0.5) is 5.82 Å². The smallest absolute Gasteiger partial charge is 0.182 e. The van der Waals surface area contributed by atoms with Crippen LogP contribution in [0.25, 0.3) is 27.8 Å². The summed E-state index contributed by atoms with van der Waals surface area (Å²) >= 11 is 0. The molecule has 5 heterocycles. The fraction of sp³-hybridized carbons (Fsp3) is 0.458. The summed E-state index contributed by atoms with van der Waals surface area (Å²) in [6.07, 6.45) is 6.08. The van der Waals surface area contributed by atoms with E-state index < -0.39 is 0 Å². The normalized spacial score (nSPS) is 22.7. The van der Waals surface area contributed by atoms with E-state index in [2.05, 4.69) is 43.9 Å². The van der Waals surface area contributed by atoms with Crippen LogP contribution in [0.2, 0.25) is 5.54 Å². The number of aryl methyl sites for hydroxylation is 1. The number of hydrogen-bond donors (Lipinski definition) is 1. The highest BCUT2D eigenvalue weighted by Gasteiger charge is 2.47. The molecular weight excluding hydrogens is 432 g/mol. The molecule has 3 radical (unpaired) electrons. The van der Waals surface area contributed by atoms with Crippen molar-refractivity contribution in [2.75, 3.05) is 24.6 Å². The van der Waals surface area contributed by atoms with Crippen LogP contribution in [-0.4, -0.2) is 65.5 Å². The van der Waals surface area contributed by atoms with Crippen LogP contribution >= 0.6 is 0 Å². The summed E-state index contributed by atoms with van der Waals surface area (Å²) in [6, 6.07) is 8.23. The summed E-state index contributed by atoms with van der Waals surface area (Å²) in [6.45, 7) is 4.49. The lowest BCUT2D eigenvalue weighted by Gasteiger charge is -2.42. The van der Waals surface area contributed by atoms with E-state index in [-0.39, 0.29) is 18.1 Å². The molecule has 1 aromatic carbocycles. The Bertz CT molecular complexity index is 1340. The number of aromatic nitrogens is 5. The summed E-state index contributed by atoms with van der Waals surface area (Å²) in [5.41, 5.74) is 4.59. The molecule has 9 heteroatoms. The number of aliphatic hydroxyl groups is 1. The molecule has 2 atom stereocenters. The van der Waals surface area contributed by atoms with Crippen molar-refractivity contribution in [3.8, 4) is 5.69 Å². The number of hydrogen-bond acceptors (Lipinski definition) is 6. The third-order valence-electron chi connectivity index (χ3n) is 7.55. The molecule has 2 fully saturated rings. The Morgan fingerprint density at radius 2 is 2.03 bits per heavy atom. The van der Waals surface area contributed by atoms with Gasteiger partial charge in [-0.15, -0.1) is 0 Å². The van der Waals surface area contributed by atoms with Gasteiger partial charge in [-0.05, 0) is 48.9 Å². The Hall–Kier alpha value is -2.75. The molecule has 2 aliphatic heterocycles. The van der Waals surface area contributed by atoms with E-state index in [0.29, 0.717) is 16.9 Å². The first kappa shape index (κ1) is 20.8. The molecule has 2 aliphatic rings. The molecule has 4 aromatic rings. The Labute approximate surface area is 195 Å². The van der Waals surface area contributed by atoms with Gasteiger partial charge in [-0.1, -0.05) is 6.07 Å². The highest BCUT2D eigenvalue weighted by atomic mass is 28.1. The van der Waals surface area contributed by atoms with Gasteiger partial charge in [0.05, 0.1) is 31.2 Å². The quantitative estimate of drug-likeness (QED) is 0.475. The van der Waals surface area contributed by atoms with Gasteiger partial charge in [-0.25, -0.2) is 14.6 Å². The molecule has 6 rings (SSSR count). The molecule has 0 bridgehead atoms. The lowest BCUT2D eigenvalue weighted by atomic mass is 9.76. The third kappa shape index (κ3) is 3.13. The zero-order chi connectivity index (χ0) is 22.7. The second kappa shape index (κ2) is 7.65. The number of rotatable bonds is 3. The minimum absolute atomic E-state index is 0.165. The minimum Gasteiger partial charge on any atom is -0.390 e. The van der Waals surface area contributed by atoms with Crippen molar-refractivity contribution in [2.45, 2.75) is 38.0 Å². The van der Waals surface area contributed by atoms with Crippen molar-refractivity contribution in [3.05, 3.63) is 42.4 Å². The van der Waals surface area contributed by atoms with Gasteiger partial charge < -0.3 is 19.3 Å². The number of piperidine rings is 1. The number of nitrogens with zero attached hydrogens (tertiary/aromatic N) is 6. The van der Waals surface area contributed by atoms with Gasteiger partial charge in [0.1, 0.15) is 11.2 Å². The molecule has 169 valence electrons. The van der Waals surface area contributed by atoms with Crippen LogP contribution in [-0.2, 0) is 18.4 Å². The fourth-order valence-corrected chi connectivity index (χ4v) is 5.95. The van der Waals surface area contributed by atoms with Crippen molar-refractivity contribution in [3.63, 3.8) is 0 Å². The number of ether oxygens (including phenoxy) is 1. The molecule has 0 saturated carbocycles. The average molecular weight is 460 g/mol. The van der Waals surface area contributed by atoms with Crippen LogP contribution in [0.5, 0.6) is 0 Å². The van der Waals surface area contributed by atoms with Gasteiger partial charge in [0.2, 0.25) is 0 Å². The van der Waals surface area contributed by atoms with Crippen LogP contribution in [0.15, 0.2) is 36.7 Å². The van der Waals surface area contributed by atoms with Crippen molar-refractivity contribution in [2.24, 2.45) is 12.5 Å². The van der Waals surface area contributed by atoms with Gasteiger partial charge >= 0.3 is 0 Å². The molecule has 33 heavy (non-hydrogen) atoms. The van der Waals surface area contributed by atoms with Gasteiger partial charge in [-0.2, -0.15) is 5.10 Å². The topological polar surface area (TPSA) is 81.2 Å². The third-order valence-corrected chi connectivity index (χ3v) is 8.64. The molecule has 1 N–H and O–H groups in total.